The second-order valence-electron chi connectivity index (χ2n) is 4.31. The first-order valence-corrected chi connectivity index (χ1v) is 6.90. The van der Waals surface area contributed by atoms with Crippen LogP contribution in [-0.4, -0.2) is 15.9 Å². The summed E-state index contributed by atoms with van der Waals surface area (Å²) in [7, 11) is 0. The van der Waals surface area contributed by atoms with Crippen LogP contribution in [0.5, 0.6) is 0 Å². The molecule has 0 aliphatic rings. The summed E-state index contributed by atoms with van der Waals surface area (Å²) in [6, 6.07) is 0.203. The van der Waals surface area contributed by atoms with E-state index in [1.807, 2.05) is 6.92 Å². The molecule has 6 heteroatoms. The number of unbranched alkanes of at least 4 members (excludes halogenated alkanes) is 2. The van der Waals surface area contributed by atoms with Gasteiger partial charge in [0.1, 0.15) is 11.9 Å². The van der Waals surface area contributed by atoms with Gasteiger partial charge in [0.15, 0.2) is 0 Å². The number of nitrogens with zero attached hydrogens (tertiary/aromatic N) is 2. The molecule has 0 amide bonds. The van der Waals surface area contributed by atoms with Crippen LogP contribution in [0.25, 0.3) is 0 Å². The third-order valence-corrected chi connectivity index (χ3v) is 3.31. The van der Waals surface area contributed by atoms with E-state index in [0.29, 0.717) is 10.2 Å². The van der Waals surface area contributed by atoms with Gasteiger partial charge in [-0.3, -0.25) is 15.1 Å². The molecule has 0 fully saturated rings. The van der Waals surface area contributed by atoms with E-state index in [-0.39, 0.29) is 11.7 Å². The molecule has 1 aromatic rings. The molecule has 1 N–H and O–H groups in total. The van der Waals surface area contributed by atoms with E-state index in [0.717, 1.165) is 12.8 Å². The highest BCUT2D eigenvalue weighted by molar-refractivity contribution is 9.10. The van der Waals surface area contributed by atoms with Crippen molar-refractivity contribution in [1.82, 2.24) is 4.98 Å². The highest BCUT2D eigenvalue weighted by Gasteiger charge is 2.18. The van der Waals surface area contributed by atoms with Crippen molar-refractivity contribution in [3.8, 4) is 0 Å². The summed E-state index contributed by atoms with van der Waals surface area (Å²) < 4.78 is 0.624. The molecule has 1 rings (SSSR count). The van der Waals surface area contributed by atoms with Gasteiger partial charge in [-0.15, -0.1) is 0 Å². The maximum atomic E-state index is 10.9. The van der Waals surface area contributed by atoms with Crippen molar-refractivity contribution in [2.45, 2.75) is 45.6 Å². The Morgan fingerprint density at radius 2 is 2.22 bits per heavy atom. The van der Waals surface area contributed by atoms with Crippen molar-refractivity contribution >= 4 is 27.3 Å². The van der Waals surface area contributed by atoms with Crippen LogP contribution in [0.3, 0.4) is 0 Å². The van der Waals surface area contributed by atoms with E-state index >= 15 is 0 Å². The monoisotopic (exact) mass is 315 g/mol. The first-order valence-electron chi connectivity index (χ1n) is 6.10. The molecule has 0 aliphatic heterocycles. The zero-order chi connectivity index (χ0) is 13.5. The first kappa shape index (κ1) is 14.9. The Balaban J connectivity index is 2.73. The molecule has 0 aromatic carbocycles. The fourth-order valence-corrected chi connectivity index (χ4v) is 2.16. The Bertz CT molecular complexity index is 412. The van der Waals surface area contributed by atoms with Gasteiger partial charge in [0.25, 0.3) is 0 Å². The Morgan fingerprint density at radius 1 is 1.50 bits per heavy atom. The SMILES string of the molecule is CCCCCC(C)Nc1c(Br)cncc1[N+](=O)[O-]. The fourth-order valence-electron chi connectivity index (χ4n) is 1.73. The van der Waals surface area contributed by atoms with Crippen LogP contribution >= 0.6 is 15.9 Å². The molecule has 100 valence electrons. The normalized spacial score (nSPS) is 12.2. The predicted molar refractivity (Wildman–Crippen MR) is 75.8 cm³/mol. The number of anilines is 1. The average Bonchev–Trinajstić information content (AvgIpc) is 2.31. The lowest BCUT2D eigenvalue weighted by atomic mass is 10.1. The summed E-state index contributed by atoms with van der Waals surface area (Å²) in [5.41, 5.74) is 0.519. The van der Waals surface area contributed by atoms with Gasteiger partial charge < -0.3 is 5.32 Å². The number of halogens is 1. The Kier molecular flexibility index (Phi) is 6.04. The van der Waals surface area contributed by atoms with Gasteiger partial charge in [0.05, 0.1) is 9.40 Å². The van der Waals surface area contributed by atoms with Gasteiger partial charge in [-0.2, -0.15) is 0 Å². The first-order chi connectivity index (χ1) is 8.56. The molecule has 0 spiro atoms. The standard InChI is InChI=1S/C12H18BrN3O2/c1-3-4-5-6-9(2)15-12-10(13)7-14-8-11(12)16(17)18/h7-9H,3-6H2,1-2H3,(H,14,15). The van der Waals surface area contributed by atoms with Gasteiger partial charge in [-0.05, 0) is 29.3 Å². The van der Waals surface area contributed by atoms with E-state index in [1.54, 1.807) is 6.20 Å². The summed E-state index contributed by atoms with van der Waals surface area (Å²) in [6.45, 7) is 4.19. The van der Waals surface area contributed by atoms with E-state index in [4.69, 9.17) is 0 Å². The fraction of sp³-hybridized carbons (Fsp3) is 0.583. The lowest BCUT2D eigenvalue weighted by Gasteiger charge is -2.15. The van der Waals surface area contributed by atoms with Gasteiger partial charge in [-0.1, -0.05) is 26.2 Å². The van der Waals surface area contributed by atoms with Crippen molar-refractivity contribution < 1.29 is 4.92 Å². The molecule has 1 heterocycles. The van der Waals surface area contributed by atoms with Crippen molar-refractivity contribution in [3.63, 3.8) is 0 Å². The van der Waals surface area contributed by atoms with Gasteiger partial charge in [0.2, 0.25) is 0 Å². The largest absolute Gasteiger partial charge is 0.376 e. The second-order valence-corrected chi connectivity index (χ2v) is 5.17. The number of rotatable bonds is 7. The molecule has 0 saturated heterocycles. The van der Waals surface area contributed by atoms with E-state index in [1.165, 1.54) is 19.0 Å². The number of aromatic nitrogens is 1. The molecule has 5 nitrogen and oxygen atoms in total. The number of nitro groups is 1. The van der Waals surface area contributed by atoms with E-state index < -0.39 is 4.92 Å². The molecular formula is C12H18BrN3O2. The van der Waals surface area contributed by atoms with Crippen LogP contribution < -0.4 is 5.32 Å². The highest BCUT2D eigenvalue weighted by atomic mass is 79.9. The predicted octanol–water partition coefficient (Wildman–Crippen LogP) is 4.13. The van der Waals surface area contributed by atoms with Crippen molar-refractivity contribution in [2.75, 3.05) is 5.32 Å². The summed E-state index contributed by atoms with van der Waals surface area (Å²) in [5.74, 6) is 0. The van der Waals surface area contributed by atoms with E-state index in [9.17, 15) is 10.1 Å². The van der Waals surface area contributed by atoms with Crippen LogP contribution in [0.15, 0.2) is 16.9 Å². The van der Waals surface area contributed by atoms with Crippen molar-refractivity contribution in [1.29, 1.82) is 0 Å². The molecule has 18 heavy (non-hydrogen) atoms. The maximum Gasteiger partial charge on any atom is 0.311 e. The van der Waals surface area contributed by atoms with Crippen LogP contribution in [0, 0.1) is 10.1 Å². The van der Waals surface area contributed by atoms with Gasteiger partial charge in [-0.25, -0.2) is 0 Å². The molecule has 0 saturated carbocycles. The molecule has 1 aromatic heterocycles. The summed E-state index contributed by atoms with van der Waals surface area (Å²) in [5, 5.41) is 14.1. The number of hydrogen-bond acceptors (Lipinski definition) is 4. The van der Waals surface area contributed by atoms with Crippen LogP contribution in [0.4, 0.5) is 11.4 Å². The molecule has 0 radical (unpaired) electrons. The van der Waals surface area contributed by atoms with Crippen molar-refractivity contribution in [3.05, 3.63) is 27.0 Å². The molecule has 0 bridgehead atoms. The van der Waals surface area contributed by atoms with Crippen LogP contribution in [0.1, 0.15) is 39.5 Å². The van der Waals surface area contributed by atoms with Gasteiger partial charge in [0, 0.05) is 12.2 Å². The molecule has 1 unspecified atom stereocenters. The van der Waals surface area contributed by atoms with Crippen LogP contribution in [0.2, 0.25) is 0 Å². The molecule has 0 aliphatic carbocycles. The quantitative estimate of drug-likeness (QED) is 0.466. The lowest BCUT2D eigenvalue weighted by molar-refractivity contribution is -0.384. The van der Waals surface area contributed by atoms with Crippen LogP contribution in [-0.2, 0) is 0 Å². The Labute approximate surface area is 115 Å². The number of pyridine rings is 1. The number of nitrogens with one attached hydrogen (secondary N) is 1. The minimum atomic E-state index is -0.418. The average molecular weight is 316 g/mol. The topological polar surface area (TPSA) is 68.1 Å². The van der Waals surface area contributed by atoms with E-state index in [2.05, 4.69) is 33.2 Å². The Morgan fingerprint density at radius 3 is 2.83 bits per heavy atom. The molecule has 1 atom stereocenters. The summed E-state index contributed by atoms with van der Waals surface area (Å²) >= 11 is 3.30. The third-order valence-electron chi connectivity index (χ3n) is 2.71. The van der Waals surface area contributed by atoms with Gasteiger partial charge >= 0.3 is 5.69 Å². The zero-order valence-corrected chi connectivity index (χ0v) is 12.2. The third kappa shape index (κ3) is 4.25. The minimum Gasteiger partial charge on any atom is -0.376 e. The second kappa shape index (κ2) is 7.31. The lowest BCUT2D eigenvalue weighted by Crippen LogP contribution is -2.16. The maximum absolute atomic E-state index is 10.9. The molecular weight excluding hydrogens is 298 g/mol. The summed E-state index contributed by atoms with van der Waals surface area (Å²) in [4.78, 5) is 14.3. The highest BCUT2D eigenvalue weighted by Crippen LogP contribution is 2.31. The number of hydrogen-bond donors (Lipinski definition) is 1. The zero-order valence-electron chi connectivity index (χ0n) is 10.6. The summed E-state index contributed by atoms with van der Waals surface area (Å²) in [6.07, 6.45) is 7.32. The van der Waals surface area contributed by atoms with Crippen molar-refractivity contribution in [2.24, 2.45) is 0 Å². The smallest absolute Gasteiger partial charge is 0.311 e. The Hall–Kier alpha value is -1.17. The minimum absolute atomic E-state index is 0.00622.